The van der Waals surface area contributed by atoms with E-state index in [0.29, 0.717) is 5.69 Å². The zero-order valence-electron chi connectivity index (χ0n) is 5.75. The van der Waals surface area contributed by atoms with Gasteiger partial charge in [-0.3, -0.25) is 0 Å². The normalized spacial score (nSPS) is 9.20. The molecule has 0 N–H and O–H groups in total. The topological polar surface area (TPSA) is 22.3 Å². The molecular weight excluding hydrogens is 122 g/mol. The van der Waals surface area contributed by atoms with Crippen molar-refractivity contribution in [3.05, 3.63) is 42.5 Å². The van der Waals surface area contributed by atoms with Gasteiger partial charge in [0.2, 0.25) is 0 Å². The van der Waals surface area contributed by atoms with Gasteiger partial charge in [0.1, 0.15) is 0 Å². The molecule has 0 saturated heterocycles. The molecular formula is C9H9N. The molecule has 1 heteroatoms. The van der Waals surface area contributed by atoms with Gasteiger partial charge in [-0.1, -0.05) is 24.3 Å². The number of rotatable bonds is 2. The summed E-state index contributed by atoms with van der Waals surface area (Å²) in [7, 11) is 0. The third kappa shape index (κ3) is 1.38. The maximum Gasteiger partial charge on any atom is 0.0892 e. The minimum Gasteiger partial charge on any atom is -0.150 e. The summed E-state index contributed by atoms with van der Waals surface area (Å²) in [4.78, 5) is 0. The van der Waals surface area contributed by atoms with Gasteiger partial charge < -0.3 is 0 Å². The summed E-state index contributed by atoms with van der Waals surface area (Å²) in [6, 6.07) is 7.27. The van der Waals surface area contributed by atoms with E-state index in [1.807, 2.05) is 18.2 Å². The van der Waals surface area contributed by atoms with Crippen molar-refractivity contribution in [2.75, 3.05) is 0 Å². The van der Waals surface area contributed by atoms with E-state index in [1.54, 1.807) is 12.1 Å². The number of benzene rings is 1. The Bertz CT molecular complexity index is 228. The minimum absolute atomic E-state index is 0.349. The molecule has 0 bridgehead atoms. The van der Waals surface area contributed by atoms with Crippen molar-refractivity contribution >= 4 is 5.69 Å². The van der Waals surface area contributed by atoms with Gasteiger partial charge >= 0.3 is 0 Å². The van der Waals surface area contributed by atoms with Gasteiger partial charge in [0.25, 0.3) is 0 Å². The molecule has 0 aliphatic carbocycles. The second-order valence-corrected chi connectivity index (χ2v) is 2.12. The molecule has 0 fully saturated rings. The van der Waals surface area contributed by atoms with Crippen LogP contribution >= 0.6 is 0 Å². The van der Waals surface area contributed by atoms with Gasteiger partial charge in [0, 0.05) is 0 Å². The SMILES string of the molecule is C=CCc1ccccc1[N]. The molecule has 0 unspecified atom stereocenters. The van der Waals surface area contributed by atoms with Crippen LogP contribution in [-0.2, 0) is 6.42 Å². The van der Waals surface area contributed by atoms with Crippen molar-refractivity contribution in [1.29, 1.82) is 0 Å². The van der Waals surface area contributed by atoms with Crippen LogP contribution in [-0.4, -0.2) is 0 Å². The summed E-state index contributed by atoms with van der Waals surface area (Å²) in [5.74, 6) is 0. The lowest BCUT2D eigenvalue weighted by molar-refractivity contribution is 1.25. The largest absolute Gasteiger partial charge is 0.150 e. The Kier molecular flexibility index (Phi) is 2.11. The van der Waals surface area contributed by atoms with E-state index < -0.39 is 0 Å². The molecule has 1 aromatic rings. The van der Waals surface area contributed by atoms with Crippen molar-refractivity contribution in [2.45, 2.75) is 6.42 Å². The second-order valence-electron chi connectivity index (χ2n) is 2.12. The van der Waals surface area contributed by atoms with Crippen LogP contribution in [0.25, 0.3) is 0 Å². The van der Waals surface area contributed by atoms with E-state index in [9.17, 15) is 5.73 Å². The Morgan fingerprint density at radius 3 is 2.70 bits per heavy atom. The van der Waals surface area contributed by atoms with E-state index in [-0.39, 0.29) is 0 Å². The highest BCUT2D eigenvalue weighted by atomic mass is 14.5. The van der Waals surface area contributed by atoms with Crippen molar-refractivity contribution < 1.29 is 0 Å². The number of hydrogen-bond donors (Lipinski definition) is 0. The molecule has 0 aliphatic rings. The molecule has 2 radical (unpaired) electrons. The average molecular weight is 131 g/mol. The standard InChI is InChI=1S/C9H9N/c1-2-5-8-6-3-4-7-9(8)10/h2-4,6-7H,1,5H2. The van der Waals surface area contributed by atoms with Gasteiger partial charge in [-0.25, -0.2) is 0 Å². The van der Waals surface area contributed by atoms with Crippen LogP contribution in [0.3, 0.4) is 0 Å². The molecule has 0 saturated carbocycles. The second kappa shape index (κ2) is 3.06. The van der Waals surface area contributed by atoms with Crippen LogP contribution in [0.4, 0.5) is 5.69 Å². The van der Waals surface area contributed by atoms with E-state index in [1.165, 1.54) is 0 Å². The summed E-state index contributed by atoms with van der Waals surface area (Å²) < 4.78 is 0. The molecule has 0 aliphatic heterocycles. The average Bonchev–Trinajstić information content (AvgIpc) is 1.94. The highest BCUT2D eigenvalue weighted by Gasteiger charge is 1.94. The highest BCUT2D eigenvalue weighted by molar-refractivity contribution is 5.43. The van der Waals surface area contributed by atoms with Crippen molar-refractivity contribution in [2.24, 2.45) is 0 Å². The first-order valence-corrected chi connectivity index (χ1v) is 3.22. The number of nitrogens with zero attached hydrogens (tertiary/aromatic N) is 1. The van der Waals surface area contributed by atoms with Crippen molar-refractivity contribution in [1.82, 2.24) is 5.73 Å². The van der Waals surface area contributed by atoms with E-state index in [4.69, 9.17) is 0 Å². The highest BCUT2D eigenvalue weighted by Crippen LogP contribution is 2.12. The van der Waals surface area contributed by atoms with Crippen LogP contribution in [0, 0.1) is 0 Å². The molecule has 10 heavy (non-hydrogen) atoms. The Morgan fingerprint density at radius 2 is 2.10 bits per heavy atom. The quantitative estimate of drug-likeness (QED) is 0.548. The molecule has 0 heterocycles. The van der Waals surface area contributed by atoms with Crippen LogP contribution in [0.1, 0.15) is 5.56 Å². The molecule has 0 spiro atoms. The Hall–Kier alpha value is -1.24. The molecule has 0 atom stereocenters. The molecule has 1 rings (SSSR count). The Morgan fingerprint density at radius 1 is 1.40 bits per heavy atom. The van der Waals surface area contributed by atoms with Crippen molar-refractivity contribution in [3.63, 3.8) is 0 Å². The smallest absolute Gasteiger partial charge is 0.0892 e. The lowest BCUT2D eigenvalue weighted by atomic mass is 10.1. The predicted molar refractivity (Wildman–Crippen MR) is 42.1 cm³/mol. The fraction of sp³-hybridized carbons (Fsp3) is 0.111. The van der Waals surface area contributed by atoms with E-state index in [0.717, 1.165) is 12.0 Å². The minimum atomic E-state index is 0.349. The van der Waals surface area contributed by atoms with Crippen LogP contribution in [0.15, 0.2) is 36.9 Å². The summed E-state index contributed by atoms with van der Waals surface area (Å²) in [6.07, 6.45) is 2.50. The first-order valence-electron chi connectivity index (χ1n) is 3.22. The molecule has 0 amide bonds. The summed E-state index contributed by atoms with van der Waals surface area (Å²) in [5.41, 5.74) is 10.5. The van der Waals surface area contributed by atoms with E-state index in [2.05, 4.69) is 6.58 Å². The molecule has 50 valence electrons. The van der Waals surface area contributed by atoms with Gasteiger partial charge in [-0.05, 0) is 18.1 Å². The van der Waals surface area contributed by atoms with Crippen LogP contribution in [0.5, 0.6) is 0 Å². The zero-order chi connectivity index (χ0) is 7.40. The summed E-state index contributed by atoms with van der Waals surface area (Å²) in [5, 5.41) is 0. The molecule has 1 aromatic carbocycles. The Labute approximate surface area is 61.2 Å². The first kappa shape index (κ1) is 6.87. The predicted octanol–water partition coefficient (Wildman–Crippen LogP) is 2.12. The van der Waals surface area contributed by atoms with Gasteiger partial charge in [-0.2, -0.15) is 5.73 Å². The summed E-state index contributed by atoms with van der Waals surface area (Å²) >= 11 is 0. The number of hydrogen-bond acceptors (Lipinski definition) is 0. The molecule has 1 nitrogen and oxygen atoms in total. The monoisotopic (exact) mass is 131 g/mol. The third-order valence-corrected chi connectivity index (χ3v) is 1.36. The third-order valence-electron chi connectivity index (χ3n) is 1.36. The van der Waals surface area contributed by atoms with Gasteiger partial charge in [0.15, 0.2) is 0 Å². The fourth-order valence-corrected chi connectivity index (χ4v) is 0.839. The van der Waals surface area contributed by atoms with Crippen LogP contribution < -0.4 is 5.73 Å². The van der Waals surface area contributed by atoms with Gasteiger partial charge in [-0.15, -0.1) is 6.58 Å². The Balaban J connectivity index is 2.91. The molecule has 0 aromatic heterocycles. The first-order chi connectivity index (χ1) is 4.84. The lowest BCUT2D eigenvalue weighted by Gasteiger charge is -1.96. The fourth-order valence-electron chi connectivity index (χ4n) is 0.839. The van der Waals surface area contributed by atoms with Gasteiger partial charge in [0.05, 0.1) is 5.69 Å². The maximum atomic E-state index is 9.19. The summed E-state index contributed by atoms with van der Waals surface area (Å²) in [6.45, 7) is 3.59. The van der Waals surface area contributed by atoms with E-state index >= 15 is 0 Å². The lowest BCUT2D eigenvalue weighted by Crippen LogP contribution is -1.82. The zero-order valence-corrected chi connectivity index (χ0v) is 5.75. The number of allylic oxidation sites excluding steroid dienone is 1. The van der Waals surface area contributed by atoms with Crippen molar-refractivity contribution in [3.8, 4) is 0 Å². The maximum absolute atomic E-state index is 9.19. The van der Waals surface area contributed by atoms with Crippen LogP contribution in [0.2, 0.25) is 0 Å².